The number of likely N-dealkylation sites (N-methyl/N-ethyl adjacent to an activating group) is 1. The van der Waals surface area contributed by atoms with Crippen molar-refractivity contribution < 1.29 is 28.8 Å². The van der Waals surface area contributed by atoms with Gasteiger partial charge in [-0.1, -0.05) is 162 Å². The van der Waals surface area contributed by atoms with Crippen LogP contribution >= 0.6 is 22.7 Å². The summed E-state index contributed by atoms with van der Waals surface area (Å²) in [5.74, 6) is -0.613. The molecular weight excluding hydrogens is 1140 g/mol. The van der Waals surface area contributed by atoms with E-state index in [0.29, 0.717) is 69.9 Å². The van der Waals surface area contributed by atoms with Crippen molar-refractivity contribution in [2.75, 3.05) is 46.3 Å². The van der Waals surface area contributed by atoms with Gasteiger partial charge in [-0.2, -0.15) is 0 Å². The molecule has 0 radical (unpaired) electrons. The standard InChI is InChI=1S/C71H89N9O6S2/c1-5-48(2)64(81)75-62(54-24-14-8-15-25-54)70(85)79-40-18-28-58(79)44-77(42-38-50-20-10-6-11-21-50)68(83)60-46-87-66(73-60)56-34-30-52(31-35-56)53-32-36-57(37-33-53)67-74-61(47-88-67)69(84)78(43-39-51-22-12-7-13-23-51)45-59-29-19-41-80(59)71(86)63(55-26-16-9-17-27-55)76-65(82)49(3)72-4/h6-7,10-13,20-23,30-37,46-49,54-55,58-59,62-63,72H,5,8-9,14-19,24-29,38-45H2,1-4H3,(H,75,81)(H,76,82)/t48-,49+,58+,59+,62+,63+/m1/s1. The highest BCUT2D eigenvalue weighted by molar-refractivity contribution is 7.13. The zero-order valence-corrected chi connectivity index (χ0v) is 53.5. The van der Waals surface area contributed by atoms with Gasteiger partial charge in [0.25, 0.3) is 11.8 Å². The van der Waals surface area contributed by atoms with Crippen LogP contribution in [0.5, 0.6) is 0 Å². The minimum absolute atomic E-state index is 0.0146. The fraction of sp³-hybridized carbons (Fsp3) is 0.493. The maximum Gasteiger partial charge on any atom is 0.273 e. The first kappa shape index (κ1) is 63.9. The van der Waals surface area contributed by atoms with Crippen LogP contribution in [-0.4, -0.2) is 142 Å². The molecule has 17 heteroatoms. The van der Waals surface area contributed by atoms with Crippen molar-refractivity contribution in [2.24, 2.45) is 17.8 Å². The minimum atomic E-state index is -0.599. The largest absolute Gasteiger partial charge is 0.344 e. The number of aromatic nitrogens is 2. The number of hydrogen-bond acceptors (Lipinski definition) is 11. The number of carbonyl (C=O) groups is 6. The van der Waals surface area contributed by atoms with E-state index in [2.05, 4.69) is 64.5 Å². The van der Waals surface area contributed by atoms with Crippen molar-refractivity contribution in [3.8, 4) is 32.3 Å². The van der Waals surface area contributed by atoms with Crippen LogP contribution in [0.3, 0.4) is 0 Å². The second-order valence-electron chi connectivity index (χ2n) is 24.9. The molecule has 0 spiro atoms. The Balaban J connectivity index is 0.802. The highest BCUT2D eigenvalue weighted by Crippen LogP contribution is 2.34. The van der Waals surface area contributed by atoms with Crippen LogP contribution in [0.2, 0.25) is 0 Å². The van der Waals surface area contributed by atoms with Gasteiger partial charge in [0.2, 0.25) is 23.6 Å². The van der Waals surface area contributed by atoms with Crippen LogP contribution in [-0.2, 0) is 32.0 Å². The summed E-state index contributed by atoms with van der Waals surface area (Å²) in [4.78, 5) is 103. The minimum Gasteiger partial charge on any atom is -0.344 e. The van der Waals surface area contributed by atoms with E-state index >= 15 is 0 Å². The van der Waals surface area contributed by atoms with Gasteiger partial charge in [-0.25, -0.2) is 9.97 Å². The summed E-state index contributed by atoms with van der Waals surface area (Å²) in [6.45, 7) is 8.62. The predicted octanol–water partition coefficient (Wildman–Crippen LogP) is 11.7. The first-order chi connectivity index (χ1) is 42.8. The number of nitrogens with one attached hydrogen (secondary N) is 3. The third-order valence-electron chi connectivity index (χ3n) is 19.1. The molecule has 4 heterocycles. The lowest BCUT2D eigenvalue weighted by Crippen LogP contribution is -2.57. The van der Waals surface area contributed by atoms with Gasteiger partial charge in [-0.15, -0.1) is 22.7 Å². The van der Waals surface area contributed by atoms with E-state index in [1.807, 2.05) is 112 Å². The number of amides is 6. The molecular formula is C71H89N9O6S2. The first-order valence-electron chi connectivity index (χ1n) is 32.5. The third-order valence-corrected chi connectivity index (χ3v) is 20.9. The third kappa shape index (κ3) is 16.0. The van der Waals surface area contributed by atoms with Crippen LogP contribution < -0.4 is 16.0 Å². The number of carbonyl (C=O) groups excluding carboxylic acids is 6. The molecule has 0 bridgehead atoms. The van der Waals surface area contributed by atoms with Crippen molar-refractivity contribution in [1.82, 2.24) is 45.5 Å². The topological polar surface area (TPSA) is 177 Å². The summed E-state index contributed by atoms with van der Waals surface area (Å²) in [6.07, 6.45) is 15.4. The quantitative estimate of drug-likeness (QED) is 0.0503. The van der Waals surface area contributed by atoms with Gasteiger partial charge in [0.15, 0.2) is 0 Å². The van der Waals surface area contributed by atoms with Crippen LogP contribution in [0.1, 0.15) is 149 Å². The molecule has 6 atom stereocenters. The summed E-state index contributed by atoms with van der Waals surface area (Å²) in [5, 5.41) is 14.5. The average molecular weight is 1230 g/mol. The van der Waals surface area contributed by atoms with Crippen LogP contribution in [0.4, 0.5) is 0 Å². The highest BCUT2D eigenvalue weighted by atomic mass is 32.1. The fourth-order valence-corrected chi connectivity index (χ4v) is 15.0. The predicted molar refractivity (Wildman–Crippen MR) is 351 cm³/mol. The summed E-state index contributed by atoms with van der Waals surface area (Å²) < 4.78 is 0. The molecule has 2 saturated heterocycles. The van der Waals surface area contributed by atoms with E-state index in [-0.39, 0.29) is 65.3 Å². The Kier molecular flexibility index (Phi) is 22.4. The highest BCUT2D eigenvalue weighted by Gasteiger charge is 2.42. The Morgan fingerprint density at radius 2 is 0.920 bits per heavy atom. The van der Waals surface area contributed by atoms with E-state index < -0.39 is 18.1 Å². The van der Waals surface area contributed by atoms with Crippen molar-refractivity contribution in [2.45, 2.75) is 160 Å². The Morgan fingerprint density at radius 1 is 0.523 bits per heavy atom. The van der Waals surface area contributed by atoms with Crippen molar-refractivity contribution in [3.63, 3.8) is 0 Å². The Labute approximate surface area is 528 Å². The van der Waals surface area contributed by atoms with Gasteiger partial charge in [0.05, 0.1) is 6.04 Å². The summed E-state index contributed by atoms with van der Waals surface area (Å²) in [6, 6.07) is 34.8. The number of rotatable bonds is 25. The van der Waals surface area contributed by atoms with Crippen LogP contribution in [0.15, 0.2) is 120 Å². The lowest BCUT2D eigenvalue weighted by atomic mass is 9.83. The number of thiazole rings is 2. The van der Waals surface area contributed by atoms with E-state index in [4.69, 9.17) is 9.97 Å². The summed E-state index contributed by atoms with van der Waals surface area (Å²) >= 11 is 2.88. The molecule has 6 amide bonds. The molecule has 4 aliphatic rings. The van der Waals surface area contributed by atoms with E-state index in [0.717, 1.165) is 133 Å². The second kappa shape index (κ2) is 30.9. The molecule has 0 unspecified atom stereocenters. The monoisotopic (exact) mass is 1230 g/mol. The van der Waals surface area contributed by atoms with E-state index in [1.165, 1.54) is 22.7 Å². The molecule has 466 valence electrons. The second-order valence-corrected chi connectivity index (χ2v) is 26.7. The summed E-state index contributed by atoms with van der Waals surface area (Å²) in [5.41, 5.74) is 6.83. The lowest BCUT2D eigenvalue weighted by Gasteiger charge is -2.37. The van der Waals surface area contributed by atoms with E-state index in [9.17, 15) is 28.8 Å². The fourth-order valence-electron chi connectivity index (χ4n) is 13.4. The van der Waals surface area contributed by atoms with Gasteiger partial charge >= 0.3 is 0 Å². The van der Waals surface area contributed by atoms with E-state index in [1.54, 1.807) is 7.05 Å². The molecule has 4 aromatic carbocycles. The Bertz CT molecular complexity index is 3050. The zero-order valence-electron chi connectivity index (χ0n) is 51.9. The normalized spacial score (nSPS) is 18.7. The van der Waals surface area contributed by atoms with Crippen LogP contribution in [0.25, 0.3) is 32.3 Å². The zero-order chi connectivity index (χ0) is 61.5. The average Bonchev–Trinajstić information content (AvgIpc) is 4.58. The number of likely N-dealkylation sites (tertiary alicyclic amines) is 2. The molecule has 2 aliphatic carbocycles. The van der Waals surface area contributed by atoms with Gasteiger partial charge in [-0.05, 0) is 119 Å². The van der Waals surface area contributed by atoms with Crippen LogP contribution in [0, 0.1) is 17.8 Å². The van der Waals surface area contributed by atoms with Crippen molar-refractivity contribution >= 4 is 58.1 Å². The maximum atomic E-state index is 14.7. The first-order valence-corrected chi connectivity index (χ1v) is 34.3. The molecule has 2 aliphatic heterocycles. The van der Waals surface area contributed by atoms with Crippen molar-refractivity contribution in [3.05, 3.63) is 142 Å². The Hall–Kier alpha value is -7.08. The lowest BCUT2D eigenvalue weighted by molar-refractivity contribution is -0.140. The molecule has 4 fully saturated rings. The number of nitrogens with zero attached hydrogens (tertiary/aromatic N) is 6. The van der Waals surface area contributed by atoms with Crippen molar-refractivity contribution in [1.29, 1.82) is 0 Å². The molecule has 15 nitrogen and oxygen atoms in total. The molecule has 10 rings (SSSR count). The molecule has 88 heavy (non-hydrogen) atoms. The molecule has 2 saturated carbocycles. The molecule has 3 N–H and O–H groups in total. The molecule has 6 aromatic rings. The van der Waals surface area contributed by atoms with Gasteiger partial charge < -0.3 is 35.6 Å². The number of hydrogen-bond donors (Lipinski definition) is 3. The van der Waals surface area contributed by atoms with Gasteiger partial charge in [0.1, 0.15) is 33.5 Å². The van der Waals surface area contributed by atoms with Gasteiger partial charge in [-0.3, -0.25) is 28.8 Å². The smallest absolute Gasteiger partial charge is 0.273 e. The number of benzene rings is 4. The maximum absolute atomic E-state index is 14.7. The molecule has 2 aromatic heterocycles. The van der Waals surface area contributed by atoms with Gasteiger partial charge in [0, 0.05) is 79.2 Å². The Morgan fingerprint density at radius 3 is 1.32 bits per heavy atom. The summed E-state index contributed by atoms with van der Waals surface area (Å²) in [7, 11) is 1.75. The SMILES string of the molecule is CC[C@@H](C)C(=O)N[C@H](C(=O)N1CCC[C@H]1CN(CCc1ccccc1)C(=O)c1csc(-c2ccc(-c3ccc(-c4nc(C(=O)N(CCc5ccccc5)C[C@@H]5CCCN5C(=O)[C@@H](NC(=O)[C@H](C)NC)C5CCCCC5)cs4)cc3)cc2)n1)C1CCCCC1.